The van der Waals surface area contributed by atoms with Crippen LogP contribution in [-0.4, -0.2) is 32.8 Å². The van der Waals surface area contributed by atoms with E-state index in [0.717, 1.165) is 0 Å². The van der Waals surface area contributed by atoms with Crippen LogP contribution in [0.15, 0.2) is 41.2 Å². The molecule has 3 heterocycles. The number of carbonyl (C=O) groups is 1. The van der Waals surface area contributed by atoms with E-state index in [-0.39, 0.29) is 24.2 Å². The van der Waals surface area contributed by atoms with E-state index in [1.54, 1.807) is 17.3 Å². The van der Waals surface area contributed by atoms with Gasteiger partial charge in [-0.1, -0.05) is 5.16 Å². The van der Waals surface area contributed by atoms with Gasteiger partial charge in [-0.2, -0.15) is 10.1 Å². The molecule has 0 bridgehead atoms. The molecule has 1 unspecified atom stereocenters. The maximum absolute atomic E-state index is 12.9. The highest BCUT2D eigenvalue weighted by atomic mass is 19.1. The lowest BCUT2D eigenvalue weighted by Gasteiger charge is -2.12. The molecular weight excluding hydrogens is 329 g/mol. The number of nitrogens with zero attached hydrogens (tertiary/aromatic N) is 4. The zero-order valence-corrected chi connectivity index (χ0v) is 13.1. The summed E-state index contributed by atoms with van der Waals surface area (Å²) in [5, 5.41) is 10.4. The predicted molar refractivity (Wildman–Crippen MR) is 83.3 cm³/mol. The molecular formula is C16H14FN5O3. The Morgan fingerprint density at radius 2 is 2.20 bits per heavy atom. The van der Waals surface area contributed by atoms with Gasteiger partial charge in [0.25, 0.3) is 0 Å². The number of hydrogen-bond acceptors (Lipinski definition) is 6. The smallest absolute Gasteiger partial charge is 0.232 e. The molecule has 3 aromatic rings. The number of rotatable bonds is 5. The molecule has 1 fully saturated rings. The predicted octanol–water partition coefficient (Wildman–Crippen LogP) is 2.03. The SMILES string of the molecule is O=C1CC(c2nc(COc3ccc(F)cc3)no2)CN1c1cn[nH]c1. The third-order valence-electron chi connectivity index (χ3n) is 3.94. The van der Waals surface area contributed by atoms with E-state index in [1.807, 2.05) is 0 Å². The standard InChI is InChI=1S/C16H14FN5O3/c17-11-1-3-13(4-2-11)24-9-14-20-16(25-21-14)10-5-15(23)22(8-10)12-6-18-19-7-12/h1-4,6-7,10H,5,8-9H2,(H,18,19). The molecule has 1 aliphatic heterocycles. The number of hydrogen-bond donors (Lipinski definition) is 1. The molecule has 1 aliphatic rings. The van der Waals surface area contributed by atoms with Crippen LogP contribution in [0.25, 0.3) is 0 Å². The molecule has 1 saturated heterocycles. The summed E-state index contributed by atoms with van der Waals surface area (Å²) in [6.07, 6.45) is 3.55. The van der Waals surface area contributed by atoms with Crippen LogP contribution in [0.2, 0.25) is 0 Å². The van der Waals surface area contributed by atoms with Crippen LogP contribution in [0.1, 0.15) is 24.1 Å². The second-order valence-corrected chi connectivity index (χ2v) is 5.65. The Hall–Kier alpha value is -3.23. The molecule has 1 aromatic carbocycles. The van der Waals surface area contributed by atoms with Crippen molar-refractivity contribution in [3.05, 3.63) is 54.2 Å². The Balaban J connectivity index is 1.39. The Labute approximate surface area is 141 Å². The largest absolute Gasteiger partial charge is 0.485 e. The first kappa shape index (κ1) is 15.3. The van der Waals surface area contributed by atoms with E-state index in [9.17, 15) is 9.18 Å². The third-order valence-corrected chi connectivity index (χ3v) is 3.94. The van der Waals surface area contributed by atoms with Gasteiger partial charge in [-0.25, -0.2) is 4.39 Å². The summed E-state index contributed by atoms with van der Waals surface area (Å²) >= 11 is 0. The van der Waals surface area contributed by atoms with E-state index in [0.29, 0.717) is 36.1 Å². The maximum atomic E-state index is 12.9. The molecule has 0 spiro atoms. The molecule has 0 radical (unpaired) electrons. The molecule has 1 amide bonds. The van der Waals surface area contributed by atoms with Gasteiger partial charge in [-0.15, -0.1) is 0 Å². The van der Waals surface area contributed by atoms with Gasteiger partial charge in [0.1, 0.15) is 11.6 Å². The van der Waals surface area contributed by atoms with Crippen LogP contribution in [0.5, 0.6) is 5.75 Å². The number of carbonyl (C=O) groups excluding carboxylic acids is 1. The fraction of sp³-hybridized carbons (Fsp3) is 0.250. The lowest BCUT2D eigenvalue weighted by molar-refractivity contribution is -0.117. The van der Waals surface area contributed by atoms with Crippen molar-refractivity contribution in [1.82, 2.24) is 20.3 Å². The minimum Gasteiger partial charge on any atom is -0.485 e. The van der Waals surface area contributed by atoms with Crippen molar-refractivity contribution in [3.8, 4) is 5.75 Å². The Kier molecular flexibility index (Phi) is 3.88. The Morgan fingerprint density at radius 1 is 1.36 bits per heavy atom. The molecule has 8 nitrogen and oxygen atoms in total. The topological polar surface area (TPSA) is 97.1 Å². The Morgan fingerprint density at radius 3 is 2.96 bits per heavy atom. The van der Waals surface area contributed by atoms with E-state index in [4.69, 9.17) is 9.26 Å². The molecule has 1 atom stereocenters. The highest BCUT2D eigenvalue weighted by Gasteiger charge is 2.35. The number of ether oxygens (including phenoxy) is 1. The van der Waals surface area contributed by atoms with Crippen molar-refractivity contribution in [2.75, 3.05) is 11.4 Å². The number of amides is 1. The molecule has 128 valence electrons. The lowest BCUT2D eigenvalue weighted by Crippen LogP contribution is -2.23. The van der Waals surface area contributed by atoms with Crippen LogP contribution in [0, 0.1) is 5.82 Å². The maximum Gasteiger partial charge on any atom is 0.232 e. The minimum absolute atomic E-state index is 0.0197. The third kappa shape index (κ3) is 3.21. The first-order chi connectivity index (χ1) is 12.2. The zero-order valence-electron chi connectivity index (χ0n) is 13.1. The summed E-state index contributed by atoms with van der Waals surface area (Å²) in [6.45, 7) is 0.556. The van der Waals surface area contributed by atoms with Crippen LogP contribution in [0.4, 0.5) is 10.1 Å². The van der Waals surface area contributed by atoms with Gasteiger partial charge in [-0.05, 0) is 24.3 Å². The molecule has 0 aliphatic carbocycles. The highest BCUT2D eigenvalue weighted by Crippen LogP contribution is 2.30. The summed E-state index contributed by atoms with van der Waals surface area (Å²) < 4.78 is 23.6. The van der Waals surface area contributed by atoms with Gasteiger partial charge >= 0.3 is 0 Å². The van der Waals surface area contributed by atoms with Gasteiger partial charge in [0.05, 0.1) is 17.8 Å². The first-order valence-corrected chi connectivity index (χ1v) is 7.69. The van der Waals surface area contributed by atoms with Crippen molar-refractivity contribution in [2.45, 2.75) is 18.9 Å². The monoisotopic (exact) mass is 343 g/mol. The van der Waals surface area contributed by atoms with Crippen molar-refractivity contribution in [3.63, 3.8) is 0 Å². The van der Waals surface area contributed by atoms with Crippen molar-refractivity contribution in [1.29, 1.82) is 0 Å². The number of aromatic amines is 1. The van der Waals surface area contributed by atoms with Crippen LogP contribution < -0.4 is 9.64 Å². The second-order valence-electron chi connectivity index (χ2n) is 5.65. The summed E-state index contributed by atoms with van der Waals surface area (Å²) in [5.41, 5.74) is 0.715. The number of anilines is 1. The second kappa shape index (κ2) is 6.34. The summed E-state index contributed by atoms with van der Waals surface area (Å²) in [5.74, 6) is 0.756. The van der Waals surface area contributed by atoms with E-state index in [2.05, 4.69) is 20.3 Å². The van der Waals surface area contributed by atoms with Crippen LogP contribution in [0.3, 0.4) is 0 Å². The van der Waals surface area contributed by atoms with Gasteiger partial charge in [0.2, 0.25) is 17.6 Å². The van der Waals surface area contributed by atoms with Gasteiger partial charge < -0.3 is 14.2 Å². The highest BCUT2D eigenvalue weighted by molar-refractivity contribution is 5.96. The van der Waals surface area contributed by atoms with Crippen molar-refractivity contribution in [2.24, 2.45) is 0 Å². The number of nitrogens with one attached hydrogen (secondary N) is 1. The number of aromatic nitrogens is 4. The van der Waals surface area contributed by atoms with Gasteiger partial charge in [0, 0.05) is 19.2 Å². The molecule has 4 rings (SSSR count). The lowest BCUT2D eigenvalue weighted by atomic mass is 10.1. The van der Waals surface area contributed by atoms with Gasteiger partial charge in [-0.3, -0.25) is 9.89 Å². The van der Waals surface area contributed by atoms with Crippen LogP contribution in [-0.2, 0) is 11.4 Å². The first-order valence-electron chi connectivity index (χ1n) is 7.69. The number of halogens is 1. The quantitative estimate of drug-likeness (QED) is 0.761. The average Bonchev–Trinajstić information content (AvgIpc) is 3.34. The summed E-state index contributed by atoms with van der Waals surface area (Å²) in [4.78, 5) is 18.1. The number of benzene rings is 1. The van der Waals surface area contributed by atoms with Crippen molar-refractivity contribution < 1.29 is 18.4 Å². The summed E-state index contributed by atoms with van der Waals surface area (Å²) in [6, 6.07) is 5.67. The molecule has 25 heavy (non-hydrogen) atoms. The molecule has 0 saturated carbocycles. The van der Waals surface area contributed by atoms with E-state index in [1.165, 1.54) is 24.3 Å². The Bertz CT molecular complexity index is 862. The molecule has 1 N–H and O–H groups in total. The molecule has 2 aromatic heterocycles. The van der Waals surface area contributed by atoms with Crippen molar-refractivity contribution >= 4 is 11.6 Å². The molecule has 9 heteroatoms. The van der Waals surface area contributed by atoms with Crippen LogP contribution >= 0.6 is 0 Å². The fourth-order valence-corrected chi connectivity index (χ4v) is 2.68. The zero-order chi connectivity index (χ0) is 17.2. The normalized spacial score (nSPS) is 17.2. The van der Waals surface area contributed by atoms with E-state index < -0.39 is 0 Å². The van der Waals surface area contributed by atoms with E-state index >= 15 is 0 Å². The summed E-state index contributed by atoms with van der Waals surface area (Å²) in [7, 11) is 0. The number of H-pyrrole nitrogens is 1. The van der Waals surface area contributed by atoms with Gasteiger partial charge in [0.15, 0.2) is 6.61 Å². The minimum atomic E-state index is -0.331. The average molecular weight is 343 g/mol. The fourth-order valence-electron chi connectivity index (χ4n) is 2.68.